The van der Waals surface area contributed by atoms with Crippen LogP contribution in [0.2, 0.25) is 0 Å². The third-order valence-corrected chi connectivity index (χ3v) is 3.27. The molecule has 8 heteroatoms. The minimum atomic E-state index is -0.997. The molecule has 2 rings (SSSR count). The van der Waals surface area contributed by atoms with E-state index in [1.165, 1.54) is 11.0 Å². The van der Waals surface area contributed by atoms with Crippen molar-refractivity contribution >= 4 is 17.5 Å². The molecule has 1 unspecified atom stereocenters. The first kappa shape index (κ1) is 13.9. The summed E-state index contributed by atoms with van der Waals surface area (Å²) in [6.07, 6.45) is 0.463. The molecule has 1 atom stereocenters. The van der Waals surface area contributed by atoms with Crippen molar-refractivity contribution in [2.45, 2.75) is 6.42 Å². The van der Waals surface area contributed by atoms with Crippen molar-refractivity contribution in [2.24, 2.45) is 11.7 Å². The van der Waals surface area contributed by atoms with Gasteiger partial charge < -0.3 is 10.6 Å². The minimum Gasteiger partial charge on any atom is -0.369 e. The third kappa shape index (κ3) is 2.58. The van der Waals surface area contributed by atoms with Crippen molar-refractivity contribution < 1.29 is 18.9 Å². The van der Waals surface area contributed by atoms with Crippen LogP contribution < -0.4 is 5.73 Å². The van der Waals surface area contributed by atoms with Gasteiger partial charge in [-0.3, -0.25) is 19.7 Å². The molecule has 0 aromatic heterocycles. The number of hydrogen-bond donors (Lipinski definition) is 1. The number of nitro groups is 1. The Balaban J connectivity index is 2.20. The molecule has 7 nitrogen and oxygen atoms in total. The number of nitrogens with zero attached hydrogens (tertiary/aromatic N) is 2. The van der Waals surface area contributed by atoms with Crippen LogP contribution in [-0.4, -0.2) is 34.7 Å². The van der Waals surface area contributed by atoms with Gasteiger partial charge in [-0.1, -0.05) is 0 Å². The van der Waals surface area contributed by atoms with E-state index in [2.05, 4.69) is 0 Å². The molecule has 0 aliphatic carbocycles. The lowest BCUT2D eigenvalue weighted by Gasteiger charge is -2.15. The average Bonchev–Trinajstić information content (AvgIpc) is 2.87. The van der Waals surface area contributed by atoms with Gasteiger partial charge in [-0.15, -0.1) is 0 Å². The lowest BCUT2D eigenvalue weighted by Crippen LogP contribution is -2.31. The number of rotatable bonds is 3. The Labute approximate surface area is 113 Å². The smallest absolute Gasteiger partial charge is 0.305 e. The fourth-order valence-electron chi connectivity index (χ4n) is 2.15. The molecule has 106 valence electrons. The summed E-state index contributed by atoms with van der Waals surface area (Å²) in [4.78, 5) is 34.3. The van der Waals surface area contributed by atoms with E-state index in [4.69, 9.17) is 5.73 Å². The predicted molar refractivity (Wildman–Crippen MR) is 66.3 cm³/mol. The summed E-state index contributed by atoms with van der Waals surface area (Å²) in [6.45, 7) is 0.525. The number of amides is 2. The summed E-state index contributed by atoms with van der Waals surface area (Å²) in [7, 11) is 0. The molecule has 2 N–H and O–H groups in total. The molecule has 1 fully saturated rings. The number of halogens is 1. The van der Waals surface area contributed by atoms with E-state index < -0.39 is 34.2 Å². The topological polar surface area (TPSA) is 107 Å². The molecule has 1 aliphatic heterocycles. The lowest BCUT2D eigenvalue weighted by atomic mass is 10.1. The number of nitro benzene ring substituents is 1. The highest BCUT2D eigenvalue weighted by atomic mass is 19.1. The van der Waals surface area contributed by atoms with Crippen LogP contribution in [-0.2, 0) is 4.79 Å². The van der Waals surface area contributed by atoms with E-state index in [1.54, 1.807) is 0 Å². The highest BCUT2D eigenvalue weighted by molar-refractivity contribution is 5.95. The standard InChI is InChI=1S/C12H12FN3O4/c13-9-2-1-7(5-10(9)16(19)20)12(18)15-4-3-8(6-15)11(14)17/h1-2,5,8H,3-4,6H2,(H2,14,17). The van der Waals surface area contributed by atoms with Gasteiger partial charge in [0.05, 0.1) is 10.8 Å². The van der Waals surface area contributed by atoms with E-state index in [0.29, 0.717) is 13.0 Å². The van der Waals surface area contributed by atoms with Crippen LogP contribution in [0.5, 0.6) is 0 Å². The SMILES string of the molecule is NC(=O)C1CCN(C(=O)c2ccc(F)c([N+](=O)[O-])c2)C1. The van der Waals surface area contributed by atoms with Gasteiger partial charge in [0.15, 0.2) is 0 Å². The maximum atomic E-state index is 13.2. The lowest BCUT2D eigenvalue weighted by molar-refractivity contribution is -0.387. The van der Waals surface area contributed by atoms with Crippen LogP contribution in [0.15, 0.2) is 18.2 Å². The monoisotopic (exact) mass is 281 g/mol. The maximum Gasteiger partial charge on any atom is 0.305 e. The Morgan fingerprint density at radius 3 is 2.70 bits per heavy atom. The number of likely N-dealkylation sites (tertiary alicyclic amines) is 1. The van der Waals surface area contributed by atoms with Crippen molar-refractivity contribution in [3.8, 4) is 0 Å². The molecule has 1 aliphatic rings. The first-order valence-electron chi connectivity index (χ1n) is 5.92. The highest BCUT2D eigenvalue weighted by Gasteiger charge is 2.31. The molecule has 1 heterocycles. The average molecular weight is 281 g/mol. The van der Waals surface area contributed by atoms with Gasteiger partial charge in [0.1, 0.15) is 0 Å². The van der Waals surface area contributed by atoms with E-state index in [0.717, 1.165) is 12.1 Å². The first-order valence-corrected chi connectivity index (χ1v) is 5.92. The zero-order valence-corrected chi connectivity index (χ0v) is 10.4. The molecule has 1 aromatic carbocycles. The molecule has 0 radical (unpaired) electrons. The Hall–Kier alpha value is -2.51. The predicted octanol–water partition coefficient (Wildman–Crippen LogP) is 0.681. The zero-order valence-electron chi connectivity index (χ0n) is 10.4. The fraction of sp³-hybridized carbons (Fsp3) is 0.333. The van der Waals surface area contributed by atoms with Crippen LogP contribution >= 0.6 is 0 Å². The second-order valence-electron chi connectivity index (χ2n) is 4.56. The van der Waals surface area contributed by atoms with Crippen LogP contribution in [0.4, 0.5) is 10.1 Å². The van der Waals surface area contributed by atoms with Crippen LogP contribution in [0.25, 0.3) is 0 Å². The van der Waals surface area contributed by atoms with Gasteiger partial charge in [0, 0.05) is 24.7 Å². The molecule has 0 saturated carbocycles. The van der Waals surface area contributed by atoms with Gasteiger partial charge in [-0.25, -0.2) is 0 Å². The quantitative estimate of drug-likeness (QED) is 0.649. The van der Waals surface area contributed by atoms with Crippen LogP contribution in [0.1, 0.15) is 16.8 Å². The second kappa shape index (κ2) is 5.24. The van der Waals surface area contributed by atoms with Crippen molar-refractivity contribution in [1.82, 2.24) is 4.90 Å². The summed E-state index contributed by atoms with van der Waals surface area (Å²) >= 11 is 0. The molecular formula is C12H12FN3O4. The number of benzene rings is 1. The highest BCUT2D eigenvalue weighted by Crippen LogP contribution is 2.22. The Morgan fingerprint density at radius 1 is 1.45 bits per heavy atom. The van der Waals surface area contributed by atoms with Gasteiger partial charge >= 0.3 is 5.69 Å². The first-order chi connectivity index (χ1) is 9.40. The zero-order chi connectivity index (χ0) is 14.9. The third-order valence-electron chi connectivity index (χ3n) is 3.27. The summed E-state index contributed by atoms with van der Waals surface area (Å²) in [6, 6.07) is 2.96. The Morgan fingerprint density at radius 2 is 2.15 bits per heavy atom. The van der Waals surface area contributed by atoms with Gasteiger partial charge in [0.25, 0.3) is 5.91 Å². The second-order valence-corrected chi connectivity index (χ2v) is 4.56. The molecule has 2 amide bonds. The molecular weight excluding hydrogens is 269 g/mol. The maximum absolute atomic E-state index is 13.2. The number of carbonyl (C=O) groups excluding carboxylic acids is 2. The molecule has 1 aromatic rings. The summed E-state index contributed by atoms with van der Waals surface area (Å²) in [5, 5.41) is 10.6. The summed E-state index contributed by atoms with van der Waals surface area (Å²) in [5.74, 6) is -2.36. The van der Waals surface area contributed by atoms with Gasteiger partial charge in [-0.05, 0) is 18.6 Å². The minimum absolute atomic E-state index is 0.0169. The van der Waals surface area contributed by atoms with E-state index in [9.17, 15) is 24.1 Å². The van der Waals surface area contributed by atoms with E-state index in [1.807, 2.05) is 0 Å². The van der Waals surface area contributed by atoms with E-state index in [-0.39, 0.29) is 12.1 Å². The van der Waals surface area contributed by atoms with Crippen molar-refractivity contribution in [2.75, 3.05) is 13.1 Å². The van der Waals surface area contributed by atoms with Crippen LogP contribution in [0, 0.1) is 21.8 Å². The molecule has 20 heavy (non-hydrogen) atoms. The number of hydrogen-bond acceptors (Lipinski definition) is 4. The largest absolute Gasteiger partial charge is 0.369 e. The van der Waals surface area contributed by atoms with Crippen LogP contribution in [0.3, 0.4) is 0 Å². The molecule has 0 bridgehead atoms. The number of nitrogens with two attached hydrogens (primary N) is 1. The fourth-order valence-corrected chi connectivity index (χ4v) is 2.15. The normalized spacial score (nSPS) is 18.1. The number of primary amides is 1. The summed E-state index contributed by atoms with van der Waals surface area (Å²) in [5.41, 5.74) is 4.43. The van der Waals surface area contributed by atoms with Crippen molar-refractivity contribution in [3.63, 3.8) is 0 Å². The van der Waals surface area contributed by atoms with Gasteiger partial charge in [-0.2, -0.15) is 4.39 Å². The Kier molecular flexibility index (Phi) is 3.64. The van der Waals surface area contributed by atoms with E-state index >= 15 is 0 Å². The summed E-state index contributed by atoms with van der Waals surface area (Å²) < 4.78 is 13.2. The van der Waals surface area contributed by atoms with Gasteiger partial charge in [0.2, 0.25) is 11.7 Å². The Bertz CT molecular complexity index is 590. The van der Waals surface area contributed by atoms with Crippen molar-refractivity contribution in [3.05, 3.63) is 39.7 Å². The number of carbonyl (C=O) groups is 2. The van der Waals surface area contributed by atoms with Crippen molar-refractivity contribution in [1.29, 1.82) is 0 Å². The molecule has 0 spiro atoms. The molecule has 1 saturated heterocycles.